The van der Waals surface area contributed by atoms with Crippen LogP contribution in [0.5, 0.6) is 0 Å². The lowest BCUT2D eigenvalue weighted by Crippen LogP contribution is -2.43. The van der Waals surface area contributed by atoms with Gasteiger partial charge in [-0.3, -0.25) is 0 Å². The van der Waals surface area contributed by atoms with Gasteiger partial charge >= 0.3 is 0 Å². The lowest BCUT2D eigenvalue weighted by atomic mass is 10.2. The zero-order valence-electron chi connectivity index (χ0n) is 12.1. The van der Waals surface area contributed by atoms with Gasteiger partial charge < -0.3 is 4.43 Å². The summed E-state index contributed by atoms with van der Waals surface area (Å²) in [5.41, 5.74) is 0. The summed E-state index contributed by atoms with van der Waals surface area (Å²) < 4.78 is 6.31. The molecule has 0 aliphatic carbocycles. The van der Waals surface area contributed by atoms with E-state index in [4.69, 9.17) is 4.43 Å². The second-order valence-corrected chi connectivity index (χ2v) is 10.7. The zero-order valence-corrected chi connectivity index (χ0v) is 13.1. The maximum absolute atomic E-state index is 6.31. The van der Waals surface area contributed by atoms with Crippen LogP contribution in [0.2, 0.25) is 18.1 Å². The molecule has 0 unspecified atom stereocenters. The third-order valence-electron chi connectivity index (χ3n) is 3.37. The molecular formula is C14H28OSi. The minimum Gasteiger partial charge on any atom is -0.403 e. The summed E-state index contributed by atoms with van der Waals surface area (Å²) >= 11 is 0. The second-order valence-electron chi connectivity index (χ2n) is 5.90. The van der Waals surface area contributed by atoms with Crippen molar-refractivity contribution in [2.75, 3.05) is 0 Å². The minimum atomic E-state index is -1.66. The predicted molar refractivity (Wildman–Crippen MR) is 75.0 cm³/mol. The maximum atomic E-state index is 6.31. The van der Waals surface area contributed by atoms with E-state index in [0.717, 1.165) is 6.42 Å². The average molecular weight is 240 g/mol. The lowest BCUT2D eigenvalue weighted by Gasteiger charge is -2.38. The summed E-state index contributed by atoms with van der Waals surface area (Å²) in [7, 11) is -1.66. The molecule has 2 heteroatoms. The summed E-state index contributed by atoms with van der Waals surface area (Å²) in [5.74, 6) is 6.21. The van der Waals surface area contributed by atoms with Crippen LogP contribution in [-0.2, 0) is 4.43 Å². The smallest absolute Gasteiger partial charge is 0.193 e. The molecule has 0 radical (unpaired) electrons. The van der Waals surface area contributed by atoms with Crippen LogP contribution in [0.1, 0.15) is 53.9 Å². The van der Waals surface area contributed by atoms with Gasteiger partial charge in [-0.1, -0.05) is 46.5 Å². The van der Waals surface area contributed by atoms with E-state index in [1.807, 2.05) is 6.92 Å². The van der Waals surface area contributed by atoms with Gasteiger partial charge in [-0.15, -0.1) is 5.92 Å². The third kappa shape index (κ3) is 5.18. The first kappa shape index (κ1) is 15.7. The molecule has 0 bridgehead atoms. The molecule has 0 heterocycles. The van der Waals surface area contributed by atoms with Gasteiger partial charge in [0.25, 0.3) is 0 Å². The number of hydrogen-bond acceptors (Lipinski definition) is 1. The fourth-order valence-electron chi connectivity index (χ4n) is 1.24. The first-order chi connectivity index (χ1) is 7.24. The first-order valence-corrected chi connectivity index (χ1v) is 9.25. The van der Waals surface area contributed by atoms with Crippen molar-refractivity contribution in [3.63, 3.8) is 0 Å². The standard InChI is InChI=1S/C14H28OSi/c1-8-10-12-13(11-9-2)15-16(6,7)14(3,4)5/h13H,8,10,12H2,1-7H3/t13-/m0/s1. The van der Waals surface area contributed by atoms with Crippen LogP contribution in [0.4, 0.5) is 0 Å². The van der Waals surface area contributed by atoms with Crippen molar-refractivity contribution in [1.82, 2.24) is 0 Å². The molecule has 0 aromatic heterocycles. The van der Waals surface area contributed by atoms with Gasteiger partial charge in [0.15, 0.2) is 8.32 Å². The first-order valence-electron chi connectivity index (χ1n) is 6.34. The Morgan fingerprint density at radius 1 is 1.25 bits per heavy atom. The van der Waals surface area contributed by atoms with Crippen molar-refractivity contribution in [1.29, 1.82) is 0 Å². The summed E-state index contributed by atoms with van der Waals surface area (Å²) in [6, 6.07) is 0. The second kappa shape index (κ2) is 6.47. The fourth-order valence-corrected chi connectivity index (χ4v) is 2.49. The zero-order chi connectivity index (χ0) is 12.8. The quantitative estimate of drug-likeness (QED) is 0.504. The summed E-state index contributed by atoms with van der Waals surface area (Å²) in [6.07, 6.45) is 3.63. The highest BCUT2D eigenvalue weighted by Crippen LogP contribution is 2.37. The van der Waals surface area contributed by atoms with Crippen LogP contribution in [0.3, 0.4) is 0 Å². The average Bonchev–Trinajstić information content (AvgIpc) is 2.12. The molecule has 0 amide bonds. The summed E-state index contributed by atoms with van der Waals surface area (Å²) in [5, 5.41) is 0.271. The topological polar surface area (TPSA) is 9.23 Å². The normalized spacial score (nSPS) is 14.2. The van der Waals surface area contributed by atoms with E-state index in [2.05, 4.69) is 52.6 Å². The highest BCUT2D eigenvalue weighted by molar-refractivity contribution is 6.74. The van der Waals surface area contributed by atoms with E-state index in [-0.39, 0.29) is 11.1 Å². The van der Waals surface area contributed by atoms with Gasteiger partial charge in [-0.25, -0.2) is 0 Å². The van der Waals surface area contributed by atoms with Crippen LogP contribution in [0.25, 0.3) is 0 Å². The molecule has 0 aromatic rings. The van der Waals surface area contributed by atoms with Crippen molar-refractivity contribution in [2.45, 2.75) is 78.1 Å². The molecule has 0 aliphatic heterocycles. The largest absolute Gasteiger partial charge is 0.403 e. The minimum absolute atomic E-state index is 0.144. The molecule has 0 spiro atoms. The van der Waals surface area contributed by atoms with Gasteiger partial charge in [0.05, 0.1) is 0 Å². The van der Waals surface area contributed by atoms with E-state index in [1.54, 1.807) is 0 Å². The van der Waals surface area contributed by atoms with Crippen molar-refractivity contribution in [3.05, 3.63) is 0 Å². The predicted octanol–water partition coefficient (Wildman–Crippen LogP) is 4.59. The van der Waals surface area contributed by atoms with Crippen molar-refractivity contribution in [3.8, 4) is 11.8 Å². The van der Waals surface area contributed by atoms with Crippen molar-refractivity contribution in [2.24, 2.45) is 0 Å². The van der Waals surface area contributed by atoms with E-state index < -0.39 is 8.32 Å². The van der Waals surface area contributed by atoms with E-state index in [1.165, 1.54) is 12.8 Å². The molecule has 1 atom stereocenters. The Hall–Kier alpha value is -0.263. The highest BCUT2D eigenvalue weighted by Gasteiger charge is 2.38. The monoisotopic (exact) mass is 240 g/mol. The molecule has 0 saturated heterocycles. The molecular weight excluding hydrogens is 212 g/mol. The summed E-state index contributed by atoms with van der Waals surface area (Å²) in [6.45, 7) is 15.5. The Kier molecular flexibility index (Phi) is 6.36. The number of rotatable bonds is 5. The Morgan fingerprint density at radius 3 is 2.19 bits per heavy atom. The fraction of sp³-hybridized carbons (Fsp3) is 0.857. The molecule has 1 nitrogen and oxygen atoms in total. The Bertz CT molecular complexity index is 252. The Balaban J connectivity index is 4.53. The lowest BCUT2D eigenvalue weighted by molar-refractivity contribution is 0.220. The Morgan fingerprint density at radius 2 is 1.81 bits per heavy atom. The van der Waals surface area contributed by atoms with E-state index in [9.17, 15) is 0 Å². The summed E-state index contributed by atoms with van der Waals surface area (Å²) in [4.78, 5) is 0. The van der Waals surface area contributed by atoms with Crippen LogP contribution >= 0.6 is 0 Å². The van der Waals surface area contributed by atoms with E-state index >= 15 is 0 Å². The molecule has 0 rings (SSSR count). The molecule has 16 heavy (non-hydrogen) atoms. The molecule has 0 aliphatic rings. The van der Waals surface area contributed by atoms with Gasteiger partial charge in [0.1, 0.15) is 6.10 Å². The van der Waals surface area contributed by atoms with Crippen molar-refractivity contribution < 1.29 is 4.43 Å². The number of hydrogen-bond donors (Lipinski definition) is 0. The number of unbranched alkanes of at least 4 members (excludes halogenated alkanes) is 1. The van der Waals surface area contributed by atoms with Crippen LogP contribution in [0, 0.1) is 11.8 Å². The van der Waals surface area contributed by atoms with Crippen LogP contribution in [-0.4, -0.2) is 14.4 Å². The van der Waals surface area contributed by atoms with E-state index in [0.29, 0.717) is 0 Å². The van der Waals surface area contributed by atoms with Crippen LogP contribution < -0.4 is 0 Å². The molecule has 0 saturated carbocycles. The van der Waals surface area contributed by atoms with Gasteiger partial charge in [-0.2, -0.15) is 0 Å². The highest BCUT2D eigenvalue weighted by atomic mass is 28.4. The molecule has 0 aromatic carbocycles. The van der Waals surface area contributed by atoms with Gasteiger partial charge in [-0.05, 0) is 31.5 Å². The van der Waals surface area contributed by atoms with Gasteiger partial charge in [0, 0.05) is 0 Å². The molecule has 94 valence electrons. The third-order valence-corrected chi connectivity index (χ3v) is 7.85. The molecule has 0 fully saturated rings. The van der Waals surface area contributed by atoms with Crippen LogP contribution in [0.15, 0.2) is 0 Å². The Labute approximate surface area is 103 Å². The SMILES string of the molecule is CC#C[C@@H](CCCC)O[Si](C)(C)C(C)(C)C. The molecule has 0 N–H and O–H groups in total. The van der Waals surface area contributed by atoms with Gasteiger partial charge in [0.2, 0.25) is 0 Å². The van der Waals surface area contributed by atoms with Crippen molar-refractivity contribution >= 4 is 8.32 Å². The maximum Gasteiger partial charge on any atom is 0.193 e.